The van der Waals surface area contributed by atoms with Gasteiger partial charge in [0.25, 0.3) is 5.91 Å². The lowest BCUT2D eigenvalue weighted by molar-refractivity contribution is -0.138. The quantitative estimate of drug-likeness (QED) is 0.557. The topological polar surface area (TPSA) is 58.6 Å². The molecule has 0 aliphatic heterocycles. The van der Waals surface area contributed by atoms with Crippen LogP contribution in [0.3, 0.4) is 0 Å². The highest BCUT2D eigenvalue weighted by molar-refractivity contribution is 6.04. The summed E-state index contributed by atoms with van der Waals surface area (Å²) in [5, 5.41) is 2.10. The van der Waals surface area contributed by atoms with Gasteiger partial charge in [-0.2, -0.15) is 0 Å². The molecule has 0 aromatic heterocycles. The van der Waals surface area contributed by atoms with E-state index in [2.05, 4.69) is 12.4 Å². The highest BCUT2D eigenvalue weighted by atomic mass is 16.7. The van der Waals surface area contributed by atoms with E-state index in [0.717, 1.165) is 35.7 Å². The van der Waals surface area contributed by atoms with Gasteiger partial charge in [0.2, 0.25) is 5.91 Å². The van der Waals surface area contributed by atoms with E-state index in [4.69, 9.17) is 4.84 Å². The fraction of sp³-hybridized carbons (Fsp3) is 0.400. The lowest BCUT2D eigenvalue weighted by Gasteiger charge is -2.22. The minimum atomic E-state index is -0.187. The zero-order chi connectivity index (χ0) is 18.1. The molecule has 0 radical (unpaired) electrons. The Balaban J connectivity index is 1.96. The molecule has 0 saturated heterocycles. The Morgan fingerprint density at radius 2 is 1.80 bits per heavy atom. The predicted molar refractivity (Wildman–Crippen MR) is 100 cm³/mol. The van der Waals surface area contributed by atoms with E-state index in [1.807, 2.05) is 49.4 Å². The molecule has 2 aromatic carbocycles. The Hall–Kier alpha value is -2.40. The fourth-order valence-corrected chi connectivity index (χ4v) is 2.77. The number of carbonyl (C=O) groups excluding carboxylic acids is 2. The summed E-state index contributed by atoms with van der Waals surface area (Å²) in [6, 6.07) is 13.8. The molecule has 0 heterocycles. The maximum Gasteiger partial charge on any atom is 0.255 e. The molecule has 0 spiro atoms. The van der Waals surface area contributed by atoms with E-state index < -0.39 is 0 Å². The zero-order valence-corrected chi connectivity index (χ0v) is 15.0. The summed E-state index contributed by atoms with van der Waals surface area (Å²) in [4.78, 5) is 30.9. The molecule has 0 saturated carbocycles. The normalized spacial score (nSPS) is 10.6. The molecule has 0 fully saturated rings. The first-order valence-corrected chi connectivity index (χ1v) is 8.86. The summed E-state index contributed by atoms with van der Waals surface area (Å²) < 4.78 is 0. The smallest absolute Gasteiger partial charge is 0.255 e. The van der Waals surface area contributed by atoms with Crippen molar-refractivity contribution >= 4 is 28.3 Å². The van der Waals surface area contributed by atoms with Gasteiger partial charge in [0.15, 0.2) is 6.61 Å². The number of carbonyl (C=O) groups is 2. The second-order valence-corrected chi connectivity index (χ2v) is 5.91. The van der Waals surface area contributed by atoms with Gasteiger partial charge in [0, 0.05) is 18.4 Å². The molecule has 1 N–H and O–H groups in total. The monoisotopic (exact) mass is 342 g/mol. The molecule has 0 atom stereocenters. The molecule has 0 aliphatic carbocycles. The summed E-state index contributed by atoms with van der Waals surface area (Å²) >= 11 is 0. The number of fused-ring (bicyclic) bond motifs is 1. The van der Waals surface area contributed by atoms with Gasteiger partial charge in [-0.15, -0.1) is 0 Å². The van der Waals surface area contributed by atoms with Crippen molar-refractivity contribution in [1.82, 2.24) is 5.48 Å². The van der Waals surface area contributed by atoms with Crippen LogP contribution < -0.4 is 10.4 Å². The van der Waals surface area contributed by atoms with Crippen molar-refractivity contribution in [3.63, 3.8) is 0 Å². The van der Waals surface area contributed by atoms with Crippen LogP contribution >= 0.6 is 0 Å². The Kier molecular flexibility index (Phi) is 7.41. The maximum atomic E-state index is 12.5. The number of anilines is 1. The Bertz CT molecular complexity index is 710. The molecular weight excluding hydrogens is 316 g/mol. The molecule has 0 unspecified atom stereocenters. The van der Waals surface area contributed by atoms with Crippen LogP contribution in [0.1, 0.15) is 39.5 Å². The van der Waals surface area contributed by atoms with Crippen LogP contribution in [0.2, 0.25) is 0 Å². The van der Waals surface area contributed by atoms with Gasteiger partial charge in [0.05, 0.1) is 5.69 Å². The molecule has 0 aliphatic rings. The summed E-state index contributed by atoms with van der Waals surface area (Å²) in [6.07, 6.45) is 3.32. The van der Waals surface area contributed by atoms with Crippen molar-refractivity contribution < 1.29 is 14.4 Å². The van der Waals surface area contributed by atoms with E-state index >= 15 is 0 Å². The molecule has 0 bridgehead atoms. The predicted octanol–water partition coefficient (Wildman–Crippen LogP) is 3.82. The maximum absolute atomic E-state index is 12.5. The number of amides is 2. The second-order valence-electron chi connectivity index (χ2n) is 5.91. The Morgan fingerprint density at radius 1 is 1.04 bits per heavy atom. The van der Waals surface area contributed by atoms with Crippen LogP contribution in [-0.4, -0.2) is 25.0 Å². The SMILES string of the molecule is CCCCCC(=O)NOCC(=O)N(CC)c1cccc2ccccc12. The van der Waals surface area contributed by atoms with E-state index in [1.54, 1.807) is 4.90 Å². The number of unbranched alkanes of at least 4 members (excludes halogenated alkanes) is 2. The van der Waals surface area contributed by atoms with E-state index in [-0.39, 0.29) is 18.4 Å². The molecule has 5 heteroatoms. The largest absolute Gasteiger partial charge is 0.310 e. The van der Waals surface area contributed by atoms with E-state index in [0.29, 0.717) is 13.0 Å². The number of benzene rings is 2. The highest BCUT2D eigenvalue weighted by Gasteiger charge is 2.16. The standard InChI is InChI=1S/C20H26N2O3/c1-3-5-6-14-19(23)21-25-15-20(24)22(4-2)18-13-9-11-16-10-7-8-12-17(16)18/h7-13H,3-6,14-15H2,1-2H3,(H,21,23). The number of hydrogen-bond acceptors (Lipinski definition) is 3. The third-order valence-corrected chi connectivity index (χ3v) is 4.06. The minimum Gasteiger partial charge on any atom is -0.310 e. The Morgan fingerprint density at radius 3 is 2.56 bits per heavy atom. The first-order valence-electron chi connectivity index (χ1n) is 8.86. The van der Waals surface area contributed by atoms with E-state index in [1.165, 1.54) is 0 Å². The first kappa shape index (κ1) is 18.9. The number of nitrogens with one attached hydrogen (secondary N) is 1. The molecule has 5 nitrogen and oxygen atoms in total. The van der Waals surface area contributed by atoms with Crippen molar-refractivity contribution in [3.8, 4) is 0 Å². The molecule has 2 aromatic rings. The van der Waals surface area contributed by atoms with Crippen LogP contribution in [0.25, 0.3) is 10.8 Å². The molecule has 134 valence electrons. The van der Waals surface area contributed by atoms with Crippen LogP contribution in [0.5, 0.6) is 0 Å². The Labute approximate surface area is 148 Å². The lowest BCUT2D eigenvalue weighted by Crippen LogP contribution is -2.36. The van der Waals surface area contributed by atoms with Crippen molar-refractivity contribution in [3.05, 3.63) is 42.5 Å². The van der Waals surface area contributed by atoms with Crippen LogP contribution in [-0.2, 0) is 14.4 Å². The highest BCUT2D eigenvalue weighted by Crippen LogP contribution is 2.26. The van der Waals surface area contributed by atoms with Gasteiger partial charge < -0.3 is 4.90 Å². The third kappa shape index (κ3) is 5.29. The van der Waals surface area contributed by atoms with Crippen molar-refractivity contribution in [2.75, 3.05) is 18.1 Å². The number of nitrogens with zero attached hydrogens (tertiary/aromatic N) is 1. The van der Waals surface area contributed by atoms with Crippen molar-refractivity contribution in [2.24, 2.45) is 0 Å². The summed E-state index contributed by atoms with van der Waals surface area (Å²) in [5.74, 6) is -0.373. The van der Waals surface area contributed by atoms with Gasteiger partial charge in [-0.05, 0) is 24.8 Å². The van der Waals surface area contributed by atoms with Crippen LogP contribution in [0.15, 0.2) is 42.5 Å². The molecule has 2 amide bonds. The molecular formula is C20H26N2O3. The van der Waals surface area contributed by atoms with Gasteiger partial charge in [0.1, 0.15) is 0 Å². The zero-order valence-electron chi connectivity index (χ0n) is 15.0. The number of rotatable bonds is 9. The summed E-state index contributed by atoms with van der Waals surface area (Å²) in [5.41, 5.74) is 3.20. The lowest BCUT2D eigenvalue weighted by atomic mass is 10.1. The summed E-state index contributed by atoms with van der Waals surface area (Å²) in [6.45, 7) is 4.35. The number of hydrogen-bond donors (Lipinski definition) is 1. The number of likely N-dealkylation sites (N-methyl/N-ethyl adjacent to an activating group) is 1. The average molecular weight is 342 g/mol. The first-order chi connectivity index (χ1) is 12.2. The van der Waals surface area contributed by atoms with Gasteiger partial charge in [-0.25, -0.2) is 5.48 Å². The average Bonchev–Trinajstić information content (AvgIpc) is 2.63. The number of hydroxylamine groups is 1. The van der Waals surface area contributed by atoms with Gasteiger partial charge in [-0.3, -0.25) is 14.4 Å². The summed E-state index contributed by atoms with van der Waals surface area (Å²) in [7, 11) is 0. The van der Waals surface area contributed by atoms with Crippen molar-refractivity contribution in [2.45, 2.75) is 39.5 Å². The molecule has 2 rings (SSSR count). The molecule has 25 heavy (non-hydrogen) atoms. The van der Waals surface area contributed by atoms with Gasteiger partial charge >= 0.3 is 0 Å². The fourth-order valence-electron chi connectivity index (χ4n) is 2.77. The minimum absolute atomic E-state index is 0.184. The third-order valence-electron chi connectivity index (χ3n) is 4.06. The van der Waals surface area contributed by atoms with E-state index in [9.17, 15) is 9.59 Å². The second kappa shape index (κ2) is 9.79. The van der Waals surface area contributed by atoms with Crippen molar-refractivity contribution in [1.29, 1.82) is 0 Å². The van der Waals surface area contributed by atoms with Crippen LogP contribution in [0.4, 0.5) is 5.69 Å². The van der Waals surface area contributed by atoms with Gasteiger partial charge in [-0.1, -0.05) is 56.2 Å². The van der Waals surface area contributed by atoms with Crippen LogP contribution in [0, 0.1) is 0 Å².